The number of nitrogens with one attached hydrogen (secondary N) is 1. The molecule has 1 aromatic carbocycles. The fraction of sp³-hybridized carbons (Fsp3) is 0.562. The number of likely N-dealkylation sites (N-methyl/N-ethyl adjacent to an activating group) is 1. The van der Waals surface area contributed by atoms with Crippen LogP contribution in [-0.4, -0.2) is 43.2 Å². The van der Waals surface area contributed by atoms with Gasteiger partial charge in [-0.05, 0) is 24.5 Å². The van der Waals surface area contributed by atoms with Crippen LogP contribution in [0.25, 0.3) is 0 Å². The van der Waals surface area contributed by atoms with Crippen LogP contribution in [0.2, 0.25) is 0 Å². The van der Waals surface area contributed by atoms with E-state index in [9.17, 15) is 4.79 Å². The van der Waals surface area contributed by atoms with Gasteiger partial charge in [-0.2, -0.15) is 0 Å². The number of ether oxygens (including phenoxy) is 1. The lowest BCUT2D eigenvalue weighted by Crippen LogP contribution is -2.55. The topological polar surface area (TPSA) is 41.6 Å². The number of nitrogens with zero attached hydrogens (tertiary/aromatic N) is 1. The zero-order chi connectivity index (χ0) is 14.5. The average Bonchev–Trinajstić information content (AvgIpc) is 2.48. The van der Waals surface area contributed by atoms with Crippen molar-refractivity contribution in [2.45, 2.75) is 39.0 Å². The summed E-state index contributed by atoms with van der Waals surface area (Å²) in [5.74, 6) is 0.0942. The number of hydrogen-bond acceptors (Lipinski definition) is 3. The van der Waals surface area contributed by atoms with Gasteiger partial charge in [0, 0.05) is 20.1 Å². The Morgan fingerprint density at radius 3 is 2.60 bits per heavy atom. The van der Waals surface area contributed by atoms with Crippen LogP contribution >= 0.6 is 0 Å². The molecule has 0 spiro atoms. The Morgan fingerprint density at radius 2 is 2.00 bits per heavy atom. The maximum absolute atomic E-state index is 12.4. The normalized spacial score (nSPS) is 22.6. The van der Waals surface area contributed by atoms with Crippen LogP contribution in [0, 0.1) is 0 Å². The smallest absolute Gasteiger partial charge is 0.242 e. The third-order valence-electron chi connectivity index (χ3n) is 3.81. The van der Waals surface area contributed by atoms with Crippen LogP contribution in [0.5, 0.6) is 0 Å². The molecule has 20 heavy (non-hydrogen) atoms. The Balaban J connectivity index is 1.95. The van der Waals surface area contributed by atoms with E-state index >= 15 is 0 Å². The summed E-state index contributed by atoms with van der Waals surface area (Å²) < 4.78 is 5.53. The molecule has 0 bridgehead atoms. The van der Waals surface area contributed by atoms with E-state index in [1.54, 1.807) is 4.90 Å². The highest BCUT2D eigenvalue weighted by Gasteiger charge is 2.30. The summed E-state index contributed by atoms with van der Waals surface area (Å²) >= 11 is 0. The average molecular weight is 276 g/mol. The Labute approximate surface area is 121 Å². The van der Waals surface area contributed by atoms with Crippen molar-refractivity contribution in [3.63, 3.8) is 0 Å². The zero-order valence-electron chi connectivity index (χ0n) is 12.6. The molecule has 0 unspecified atom stereocenters. The summed E-state index contributed by atoms with van der Waals surface area (Å²) in [6.45, 7) is 6.13. The summed E-state index contributed by atoms with van der Waals surface area (Å²) in [4.78, 5) is 14.2. The number of carbonyl (C=O) groups excluding carboxylic acids is 1. The van der Waals surface area contributed by atoms with Gasteiger partial charge in [0.1, 0.15) is 6.04 Å². The Kier molecular flexibility index (Phi) is 5.15. The van der Waals surface area contributed by atoms with Crippen molar-refractivity contribution in [3.05, 3.63) is 35.4 Å². The van der Waals surface area contributed by atoms with Crippen LogP contribution < -0.4 is 5.32 Å². The Hall–Kier alpha value is -1.39. The summed E-state index contributed by atoms with van der Waals surface area (Å²) in [6.07, 6.45) is 0.969. The highest BCUT2D eigenvalue weighted by Crippen LogP contribution is 2.11. The molecule has 0 radical (unpaired) electrons. The van der Waals surface area contributed by atoms with Crippen molar-refractivity contribution < 1.29 is 9.53 Å². The van der Waals surface area contributed by atoms with E-state index in [0.717, 1.165) is 18.5 Å². The van der Waals surface area contributed by atoms with E-state index in [1.165, 1.54) is 5.56 Å². The second kappa shape index (κ2) is 6.86. The van der Waals surface area contributed by atoms with E-state index < -0.39 is 0 Å². The maximum Gasteiger partial charge on any atom is 0.242 e. The van der Waals surface area contributed by atoms with Gasteiger partial charge >= 0.3 is 0 Å². The molecule has 1 amide bonds. The summed E-state index contributed by atoms with van der Waals surface area (Å²) in [5.41, 5.74) is 2.47. The Morgan fingerprint density at radius 1 is 1.35 bits per heavy atom. The molecule has 4 nitrogen and oxygen atoms in total. The fourth-order valence-corrected chi connectivity index (χ4v) is 2.48. The van der Waals surface area contributed by atoms with Gasteiger partial charge in [0.05, 0.1) is 12.7 Å². The first kappa shape index (κ1) is 15.0. The van der Waals surface area contributed by atoms with Crippen molar-refractivity contribution in [2.75, 3.05) is 20.2 Å². The molecular weight excluding hydrogens is 252 g/mol. The van der Waals surface area contributed by atoms with Crippen LogP contribution in [0.4, 0.5) is 0 Å². The van der Waals surface area contributed by atoms with Crippen LogP contribution in [0.15, 0.2) is 24.3 Å². The van der Waals surface area contributed by atoms with E-state index in [2.05, 4.69) is 36.5 Å². The number of morpholine rings is 1. The SMILES string of the molecule is CCc1ccc(CN(C)C(=O)[C@H]2NCCO[C@@H]2C)cc1. The minimum Gasteiger partial charge on any atom is -0.375 e. The number of rotatable bonds is 4. The first-order valence-electron chi connectivity index (χ1n) is 7.29. The maximum atomic E-state index is 12.4. The molecule has 1 aliphatic rings. The third-order valence-corrected chi connectivity index (χ3v) is 3.81. The number of benzene rings is 1. The second-order valence-corrected chi connectivity index (χ2v) is 5.37. The number of amides is 1. The second-order valence-electron chi connectivity index (χ2n) is 5.37. The molecule has 1 N–H and O–H groups in total. The molecule has 1 aliphatic heterocycles. The van der Waals surface area contributed by atoms with Gasteiger partial charge in [0.25, 0.3) is 0 Å². The van der Waals surface area contributed by atoms with Crippen LogP contribution in [0.1, 0.15) is 25.0 Å². The third kappa shape index (κ3) is 3.58. The van der Waals surface area contributed by atoms with Crippen molar-refractivity contribution in [3.8, 4) is 0 Å². The molecule has 1 aromatic rings. The predicted octanol–water partition coefficient (Wildman–Crippen LogP) is 1.58. The zero-order valence-corrected chi connectivity index (χ0v) is 12.6. The number of carbonyl (C=O) groups is 1. The van der Waals surface area contributed by atoms with Gasteiger partial charge in [-0.3, -0.25) is 4.79 Å². The highest BCUT2D eigenvalue weighted by molar-refractivity contribution is 5.82. The van der Waals surface area contributed by atoms with Gasteiger partial charge < -0.3 is 15.0 Å². The molecule has 0 aliphatic carbocycles. The van der Waals surface area contributed by atoms with E-state index in [1.807, 2.05) is 14.0 Å². The summed E-state index contributed by atoms with van der Waals surface area (Å²) in [7, 11) is 1.85. The molecule has 0 aromatic heterocycles. The van der Waals surface area contributed by atoms with Gasteiger partial charge in [0.2, 0.25) is 5.91 Å². The number of aryl methyl sites for hydroxylation is 1. The molecule has 110 valence electrons. The van der Waals surface area contributed by atoms with E-state index in [-0.39, 0.29) is 18.1 Å². The first-order chi connectivity index (χ1) is 9.61. The fourth-order valence-electron chi connectivity index (χ4n) is 2.48. The highest BCUT2D eigenvalue weighted by atomic mass is 16.5. The Bertz CT molecular complexity index is 444. The summed E-state index contributed by atoms with van der Waals surface area (Å²) in [6, 6.07) is 8.20. The van der Waals surface area contributed by atoms with Crippen LogP contribution in [-0.2, 0) is 22.5 Å². The van der Waals surface area contributed by atoms with Crippen molar-refractivity contribution in [2.24, 2.45) is 0 Å². The largest absolute Gasteiger partial charge is 0.375 e. The monoisotopic (exact) mass is 276 g/mol. The molecule has 1 heterocycles. The minimum atomic E-state index is -0.233. The van der Waals surface area contributed by atoms with Crippen molar-refractivity contribution in [1.82, 2.24) is 10.2 Å². The van der Waals surface area contributed by atoms with Crippen LogP contribution in [0.3, 0.4) is 0 Å². The minimum absolute atomic E-state index is 0.0684. The molecule has 2 atom stereocenters. The molecule has 1 saturated heterocycles. The first-order valence-corrected chi connectivity index (χ1v) is 7.29. The lowest BCUT2D eigenvalue weighted by Gasteiger charge is -2.32. The van der Waals surface area contributed by atoms with E-state index in [0.29, 0.717) is 13.2 Å². The lowest BCUT2D eigenvalue weighted by atomic mass is 10.1. The predicted molar refractivity (Wildman–Crippen MR) is 79.5 cm³/mol. The quantitative estimate of drug-likeness (QED) is 0.908. The molecule has 4 heteroatoms. The molecule has 1 fully saturated rings. The van der Waals surface area contributed by atoms with Gasteiger partial charge in [-0.1, -0.05) is 31.2 Å². The van der Waals surface area contributed by atoms with Crippen molar-refractivity contribution in [1.29, 1.82) is 0 Å². The molecular formula is C16H24N2O2. The lowest BCUT2D eigenvalue weighted by molar-refractivity contribution is -0.138. The summed E-state index contributed by atoms with van der Waals surface area (Å²) in [5, 5.41) is 3.24. The molecule has 0 saturated carbocycles. The van der Waals surface area contributed by atoms with Crippen molar-refractivity contribution >= 4 is 5.91 Å². The molecule has 2 rings (SSSR count). The van der Waals surface area contributed by atoms with Gasteiger partial charge in [-0.25, -0.2) is 0 Å². The van der Waals surface area contributed by atoms with Gasteiger partial charge in [0.15, 0.2) is 0 Å². The van der Waals surface area contributed by atoms with E-state index in [4.69, 9.17) is 4.74 Å². The van der Waals surface area contributed by atoms with Gasteiger partial charge in [-0.15, -0.1) is 0 Å². The number of hydrogen-bond donors (Lipinski definition) is 1. The standard InChI is InChI=1S/C16H24N2O2/c1-4-13-5-7-14(8-6-13)11-18(3)16(19)15-12(2)20-10-9-17-15/h5-8,12,15,17H,4,9-11H2,1-3H3/t12-,15+/m1/s1.